The molecular formula is C9H17N3O2S. The van der Waals surface area contributed by atoms with Gasteiger partial charge in [0.2, 0.25) is 10.0 Å². The van der Waals surface area contributed by atoms with Crippen LogP contribution in [0, 0.1) is 17.2 Å². The molecule has 1 heterocycles. The van der Waals surface area contributed by atoms with Gasteiger partial charge in [0.1, 0.15) is 0 Å². The lowest BCUT2D eigenvalue weighted by Crippen LogP contribution is -2.41. The Morgan fingerprint density at radius 1 is 1.53 bits per heavy atom. The highest BCUT2D eigenvalue weighted by molar-refractivity contribution is 7.89. The molecule has 0 aliphatic carbocycles. The first-order valence-electron chi connectivity index (χ1n) is 5.15. The highest BCUT2D eigenvalue weighted by Crippen LogP contribution is 2.21. The van der Waals surface area contributed by atoms with Crippen LogP contribution in [0.4, 0.5) is 0 Å². The Labute approximate surface area is 90.9 Å². The Morgan fingerprint density at radius 3 is 2.87 bits per heavy atom. The first-order valence-corrected chi connectivity index (χ1v) is 6.76. The van der Waals surface area contributed by atoms with E-state index in [4.69, 9.17) is 11.0 Å². The molecule has 1 atom stereocenters. The van der Waals surface area contributed by atoms with E-state index in [1.807, 2.05) is 0 Å². The topological polar surface area (TPSA) is 87.2 Å². The van der Waals surface area contributed by atoms with Crippen LogP contribution < -0.4 is 5.73 Å². The molecule has 2 N–H and O–H groups in total. The van der Waals surface area contributed by atoms with E-state index in [0.717, 1.165) is 19.3 Å². The average Bonchev–Trinajstić information content (AvgIpc) is 2.19. The molecule has 0 aromatic rings. The van der Waals surface area contributed by atoms with Crippen molar-refractivity contribution in [3.63, 3.8) is 0 Å². The second-order valence-corrected chi connectivity index (χ2v) is 5.83. The van der Waals surface area contributed by atoms with E-state index in [1.165, 1.54) is 4.31 Å². The standard InChI is InChI=1S/C9H17N3O2S/c10-4-3-9-2-1-6-12(8-9)15(13,14)7-5-11/h9H,1-4,6-8,10H2. The number of nitrogens with zero attached hydrogens (tertiary/aromatic N) is 2. The van der Waals surface area contributed by atoms with Crippen molar-refractivity contribution in [3.8, 4) is 6.07 Å². The van der Waals surface area contributed by atoms with E-state index in [-0.39, 0.29) is 0 Å². The van der Waals surface area contributed by atoms with E-state index < -0.39 is 15.8 Å². The predicted octanol–water partition coefficient (Wildman–Crippen LogP) is -0.0994. The minimum absolute atomic E-state index is 0.359. The average molecular weight is 231 g/mol. The number of hydrogen-bond acceptors (Lipinski definition) is 4. The quantitative estimate of drug-likeness (QED) is 0.732. The minimum atomic E-state index is -3.35. The molecule has 0 bridgehead atoms. The lowest BCUT2D eigenvalue weighted by atomic mass is 9.96. The van der Waals surface area contributed by atoms with E-state index in [0.29, 0.717) is 25.6 Å². The predicted molar refractivity (Wildman–Crippen MR) is 57.4 cm³/mol. The van der Waals surface area contributed by atoms with Gasteiger partial charge in [-0.25, -0.2) is 12.7 Å². The SMILES string of the molecule is N#CCS(=O)(=O)N1CCCC(CCN)C1. The van der Waals surface area contributed by atoms with Crippen molar-refractivity contribution in [2.45, 2.75) is 19.3 Å². The molecule has 15 heavy (non-hydrogen) atoms. The Hall–Kier alpha value is -0.640. The lowest BCUT2D eigenvalue weighted by molar-refractivity contribution is 0.259. The Morgan fingerprint density at radius 2 is 2.27 bits per heavy atom. The van der Waals surface area contributed by atoms with Gasteiger partial charge in [0, 0.05) is 13.1 Å². The van der Waals surface area contributed by atoms with Crippen LogP contribution in [-0.4, -0.2) is 38.1 Å². The third-order valence-electron chi connectivity index (χ3n) is 2.70. The fourth-order valence-corrected chi connectivity index (χ4v) is 3.11. The van der Waals surface area contributed by atoms with E-state index in [9.17, 15) is 8.42 Å². The number of nitriles is 1. The van der Waals surface area contributed by atoms with Gasteiger partial charge in [0.25, 0.3) is 0 Å². The van der Waals surface area contributed by atoms with Crippen LogP contribution in [0.25, 0.3) is 0 Å². The van der Waals surface area contributed by atoms with Crippen LogP contribution in [0.5, 0.6) is 0 Å². The molecular weight excluding hydrogens is 214 g/mol. The smallest absolute Gasteiger partial charge is 0.227 e. The molecule has 0 aromatic carbocycles. The Kier molecular flexibility index (Phi) is 4.51. The largest absolute Gasteiger partial charge is 0.330 e. The molecule has 1 fully saturated rings. The highest BCUT2D eigenvalue weighted by Gasteiger charge is 2.27. The van der Waals surface area contributed by atoms with Gasteiger partial charge in [0.05, 0.1) is 6.07 Å². The summed E-state index contributed by atoms with van der Waals surface area (Å²) in [6.07, 6.45) is 2.77. The molecule has 1 unspecified atom stereocenters. The van der Waals surface area contributed by atoms with Crippen LogP contribution in [0.15, 0.2) is 0 Å². The number of sulfonamides is 1. The van der Waals surface area contributed by atoms with Crippen molar-refractivity contribution in [3.05, 3.63) is 0 Å². The zero-order valence-electron chi connectivity index (χ0n) is 8.72. The van der Waals surface area contributed by atoms with Gasteiger partial charge in [-0.05, 0) is 31.7 Å². The minimum Gasteiger partial charge on any atom is -0.330 e. The van der Waals surface area contributed by atoms with E-state index in [2.05, 4.69) is 0 Å². The van der Waals surface area contributed by atoms with Gasteiger partial charge in [0.15, 0.2) is 5.75 Å². The molecule has 1 rings (SSSR count). The highest BCUT2D eigenvalue weighted by atomic mass is 32.2. The Bertz CT molecular complexity index is 332. The van der Waals surface area contributed by atoms with Gasteiger partial charge in [-0.3, -0.25) is 0 Å². The maximum atomic E-state index is 11.6. The Balaban J connectivity index is 2.60. The van der Waals surface area contributed by atoms with E-state index in [1.54, 1.807) is 6.07 Å². The van der Waals surface area contributed by atoms with Crippen molar-refractivity contribution >= 4 is 10.0 Å². The number of hydrogen-bond donors (Lipinski definition) is 1. The molecule has 0 radical (unpaired) electrons. The zero-order valence-corrected chi connectivity index (χ0v) is 9.54. The molecule has 0 aromatic heterocycles. The molecule has 0 saturated carbocycles. The molecule has 1 saturated heterocycles. The van der Waals surface area contributed by atoms with Crippen LogP contribution in [0.2, 0.25) is 0 Å². The fraction of sp³-hybridized carbons (Fsp3) is 0.889. The molecule has 1 aliphatic heterocycles. The first kappa shape index (κ1) is 12.4. The lowest BCUT2D eigenvalue weighted by Gasteiger charge is -2.31. The third kappa shape index (κ3) is 3.45. The maximum absolute atomic E-state index is 11.6. The summed E-state index contributed by atoms with van der Waals surface area (Å²) in [6, 6.07) is 1.70. The molecule has 86 valence electrons. The summed E-state index contributed by atoms with van der Waals surface area (Å²) in [5, 5.41) is 8.43. The summed E-state index contributed by atoms with van der Waals surface area (Å²) in [4.78, 5) is 0. The van der Waals surface area contributed by atoms with Crippen molar-refractivity contribution in [2.75, 3.05) is 25.4 Å². The van der Waals surface area contributed by atoms with Gasteiger partial charge < -0.3 is 5.73 Å². The zero-order chi connectivity index (χ0) is 11.3. The van der Waals surface area contributed by atoms with Gasteiger partial charge in [-0.1, -0.05) is 0 Å². The molecule has 6 heteroatoms. The van der Waals surface area contributed by atoms with E-state index >= 15 is 0 Å². The van der Waals surface area contributed by atoms with Crippen molar-refractivity contribution < 1.29 is 8.42 Å². The van der Waals surface area contributed by atoms with Crippen molar-refractivity contribution in [1.29, 1.82) is 5.26 Å². The molecule has 0 amide bonds. The second-order valence-electron chi connectivity index (χ2n) is 3.86. The summed E-state index contributed by atoms with van der Waals surface area (Å²) < 4.78 is 24.6. The summed E-state index contributed by atoms with van der Waals surface area (Å²) in [5.41, 5.74) is 5.45. The second kappa shape index (κ2) is 5.45. The normalized spacial score (nSPS) is 23.6. The van der Waals surface area contributed by atoms with Crippen molar-refractivity contribution in [2.24, 2.45) is 11.7 Å². The maximum Gasteiger partial charge on any atom is 0.227 e. The van der Waals surface area contributed by atoms with Gasteiger partial charge >= 0.3 is 0 Å². The number of rotatable bonds is 4. The number of piperidine rings is 1. The monoisotopic (exact) mass is 231 g/mol. The summed E-state index contributed by atoms with van der Waals surface area (Å²) in [6.45, 7) is 1.67. The first-order chi connectivity index (χ1) is 7.10. The summed E-state index contributed by atoms with van der Waals surface area (Å²) in [5.74, 6) is -0.0558. The third-order valence-corrected chi connectivity index (χ3v) is 4.31. The molecule has 0 spiro atoms. The summed E-state index contributed by atoms with van der Waals surface area (Å²) in [7, 11) is -3.35. The number of nitrogens with two attached hydrogens (primary N) is 1. The van der Waals surface area contributed by atoms with Crippen LogP contribution in [0.3, 0.4) is 0 Å². The fourth-order valence-electron chi connectivity index (χ4n) is 1.92. The van der Waals surface area contributed by atoms with Crippen molar-refractivity contribution in [1.82, 2.24) is 4.31 Å². The molecule has 5 nitrogen and oxygen atoms in total. The van der Waals surface area contributed by atoms with Crippen LogP contribution in [0.1, 0.15) is 19.3 Å². The van der Waals surface area contributed by atoms with Gasteiger partial charge in [-0.2, -0.15) is 5.26 Å². The van der Waals surface area contributed by atoms with Gasteiger partial charge in [-0.15, -0.1) is 0 Å². The summed E-state index contributed by atoms with van der Waals surface area (Å²) >= 11 is 0. The molecule has 1 aliphatic rings. The van der Waals surface area contributed by atoms with Crippen LogP contribution >= 0.6 is 0 Å². The van der Waals surface area contributed by atoms with Crippen LogP contribution in [-0.2, 0) is 10.0 Å².